The SMILES string of the molecule is CC/C=C\C/C=C\C/C=C\CCCCCCCC(=O)OC(COC(=O)CCCCCCCCCCCCCCC/C=C\C/C=C\C/C=C\C/C=C\CCCCC)COP(=O)(O)OCC(O)COP(=O)(O)OCC(O)COC(=O)CCCCCCCCCCCCCCCCC/C=C\C/C=C\C/C=C\C/C=C\CCCCC. The summed E-state index contributed by atoms with van der Waals surface area (Å²) >= 11 is 0. The third-order valence-corrected chi connectivity index (χ3v) is 20.7. The Kier molecular flexibility index (Phi) is 81.8. The van der Waals surface area contributed by atoms with Crippen LogP contribution in [-0.2, 0) is 55.8 Å². The molecule has 0 rings (SSSR count). The molecule has 0 saturated heterocycles. The number of allylic oxidation sites excluding steroid dienone is 22. The van der Waals surface area contributed by atoms with Crippen LogP contribution >= 0.6 is 15.6 Å². The molecule has 16 nitrogen and oxygen atoms in total. The summed E-state index contributed by atoms with van der Waals surface area (Å²) in [4.78, 5) is 58.8. The number of unbranched alkanes of at least 4 members (excludes halogenated alkanes) is 39. The van der Waals surface area contributed by atoms with Crippen molar-refractivity contribution in [2.24, 2.45) is 0 Å². The van der Waals surface area contributed by atoms with Gasteiger partial charge in [-0.3, -0.25) is 32.5 Å². The third-order valence-electron chi connectivity index (χ3n) is 18.8. The van der Waals surface area contributed by atoms with Crippen LogP contribution in [0.4, 0.5) is 0 Å². The number of phosphoric acid groups is 2. The highest BCUT2D eigenvalue weighted by Gasteiger charge is 2.29. The number of phosphoric ester groups is 2. The van der Waals surface area contributed by atoms with Crippen molar-refractivity contribution in [1.82, 2.24) is 0 Å². The van der Waals surface area contributed by atoms with Crippen molar-refractivity contribution in [2.45, 2.75) is 399 Å². The molecule has 5 unspecified atom stereocenters. The maximum atomic E-state index is 13.0. The maximum Gasteiger partial charge on any atom is 0.472 e. The lowest BCUT2D eigenvalue weighted by Gasteiger charge is -2.21. The van der Waals surface area contributed by atoms with E-state index in [1.54, 1.807) is 0 Å². The standard InChI is InChI=1S/C93H162O16P2/c1-4-7-10-13-16-19-22-25-28-30-32-34-36-38-40-42-43-45-47-48-50-52-54-56-59-61-64-67-70-73-76-79-91(96)103-82-88(94)83-105-110(99,100)106-84-89(95)85-107-111(101,102)108-87-90(109-93(98)81-78-75-72-69-66-63-58-27-24-21-18-15-12-9-6-3)86-104-92(97)80-77-74-71-68-65-62-60-57-55-53-51-49-46-44-41-39-37-35-33-31-29-26-23-20-17-14-11-8-5-2/h9,12,16-21,25-29,32-35,38-41,58,88-90,94-95H,4-8,10-11,13-15,22-24,30-31,36-37,42-57,59-87H2,1-3H3,(H,99,100)(H,101,102)/b12-9-,19-16-,20-17-,21-18-,28-25-,29-26-,34-32-,35-33-,40-38-,41-39-,58-27-. The summed E-state index contributed by atoms with van der Waals surface area (Å²) in [6.45, 7) is 2.53. The van der Waals surface area contributed by atoms with Gasteiger partial charge < -0.3 is 34.2 Å². The van der Waals surface area contributed by atoms with Gasteiger partial charge in [0.1, 0.15) is 25.4 Å². The second-order valence-corrected chi connectivity index (χ2v) is 32.6. The first-order valence-electron chi connectivity index (χ1n) is 44.5. The summed E-state index contributed by atoms with van der Waals surface area (Å²) in [5.41, 5.74) is 0. The highest BCUT2D eigenvalue weighted by molar-refractivity contribution is 7.47. The van der Waals surface area contributed by atoms with E-state index in [1.165, 1.54) is 180 Å². The van der Waals surface area contributed by atoms with Crippen LogP contribution in [0.5, 0.6) is 0 Å². The average molecular weight is 1600 g/mol. The monoisotopic (exact) mass is 1600 g/mol. The fourth-order valence-corrected chi connectivity index (χ4v) is 13.7. The molecule has 0 aliphatic rings. The molecule has 0 saturated carbocycles. The number of aliphatic hydroxyl groups is 2. The minimum absolute atomic E-state index is 0.0835. The average Bonchev–Trinajstić information content (AvgIpc) is 0.904. The van der Waals surface area contributed by atoms with Crippen LogP contribution < -0.4 is 0 Å². The smallest absolute Gasteiger partial charge is 0.463 e. The molecule has 0 amide bonds. The van der Waals surface area contributed by atoms with E-state index in [2.05, 4.69) is 154 Å². The Morgan fingerprint density at radius 1 is 0.261 bits per heavy atom. The zero-order valence-electron chi connectivity index (χ0n) is 70.4. The van der Waals surface area contributed by atoms with Gasteiger partial charge in [0.15, 0.2) is 6.10 Å². The number of carbonyl (C=O) groups excluding carboxylic acids is 3. The van der Waals surface area contributed by atoms with Crippen molar-refractivity contribution in [3.05, 3.63) is 134 Å². The number of esters is 3. The summed E-state index contributed by atoms with van der Waals surface area (Å²) in [7, 11) is -9.80. The van der Waals surface area contributed by atoms with Gasteiger partial charge in [0.2, 0.25) is 0 Å². The minimum Gasteiger partial charge on any atom is -0.463 e. The van der Waals surface area contributed by atoms with E-state index in [-0.39, 0.29) is 19.3 Å². The van der Waals surface area contributed by atoms with Crippen LogP contribution in [0.25, 0.3) is 0 Å². The van der Waals surface area contributed by atoms with E-state index < -0.39 is 91.5 Å². The molecule has 0 aliphatic carbocycles. The molecular weight excluding hydrogens is 1430 g/mol. The summed E-state index contributed by atoms with van der Waals surface area (Å²) in [5, 5.41) is 20.7. The normalized spacial score (nSPS) is 14.5. The lowest BCUT2D eigenvalue weighted by molar-refractivity contribution is -0.161. The highest BCUT2D eigenvalue weighted by atomic mass is 31.2. The largest absolute Gasteiger partial charge is 0.472 e. The van der Waals surface area contributed by atoms with Gasteiger partial charge >= 0.3 is 33.6 Å². The minimum atomic E-state index is -4.94. The van der Waals surface area contributed by atoms with Crippen molar-refractivity contribution in [3.63, 3.8) is 0 Å². The second-order valence-electron chi connectivity index (χ2n) is 29.7. The van der Waals surface area contributed by atoms with E-state index in [9.17, 15) is 43.5 Å². The highest BCUT2D eigenvalue weighted by Crippen LogP contribution is 2.45. The topological polar surface area (TPSA) is 231 Å². The van der Waals surface area contributed by atoms with Crippen molar-refractivity contribution in [3.8, 4) is 0 Å². The number of hydrogen-bond donors (Lipinski definition) is 4. The molecule has 640 valence electrons. The number of hydrogen-bond acceptors (Lipinski definition) is 14. The van der Waals surface area contributed by atoms with Crippen LogP contribution in [0.15, 0.2) is 134 Å². The quantitative estimate of drug-likeness (QED) is 0.0146. The first-order valence-corrected chi connectivity index (χ1v) is 47.5. The Hall–Kier alpha value is -4.31. The Morgan fingerprint density at radius 2 is 0.477 bits per heavy atom. The molecule has 0 aromatic heterocycles. The van der Waals surface area contributed by atoms with Crippen LogP contribution in [-0.4, -0.2) is 95.9 Å². The molecule has 0 radical (unpaired) electrons. The molecule has 0 spiro atoms. The Bertz CT molecular complexity index is 2550. The molecule has 0 heterocycles. The Labute approximate surface area is 677 Å². The predicted molar refractivity (Wildman–Crippen MR) is 463 cm³/mol. The zero-order valence-corrected chi connectivity index (χ0v) is 72.1. The summed E-state index contributed by atoms with van der Waals surface area (Å²) in [6.07, 6.45) is 105. The van der Waals surface area contributed by atoms with Gasteiger partial charge in [-0.15, -0.1) is 0 Å². The third kappa shape index (κ3) is 86.4. The number of rotatable bonds is 84. The Morgan fingerprint density at radius 3 is 0.757 bits per heavy atom. The molecule has 0 aromatic carbocycles. The molecular formula is C93H162O16P2. The number of aliphatic hydroxyl groups excluding tert-OH is 2. The van der Waals surface area contributed by atoms with Gasteiger partial charge in [-0.25, -0.2) is 9.13 Å². The van der Waals surface area contributed by atoms with Gasteiger partial charge in [-0.2, -0.15) is 0 Å². The van der Waals surface area contributed by atoms with Crippen molar-refractivity contribution in [2.75, 3.05) is 39.6 Å². The Balaban J connectivity index is 4.48. The number of ether oxygens (including phenoxy) is 3. The molecule has 4 N–H and O–H groups in total. The van der Waals surface area contributed by atoms with Crippen LogP contribution in [0.1, 0.15) is 380 Å². The van der Waals surface area contributed by atoms with Gasteiger partial charge in [0, 0.05) is 19.3 Å². The summed E-state index contributed by atoms with van der Waals surface area (Å²) in [6, 6.07) is 0. The van der Waals surface area contributed by atoms with Gasteiger partial charge in [0.25, 0.3) is 0 Å². The van der Waals surface area contributed by atoms with E-state index in [4.69, 9.17) is 32.3 Å². The van der Waals surface area contributed by atoms with Crippen LogP contribution in [0, 0.1) is 0 Å². The molecule has 0 fully saturated rings. The second kappa shape index (κ2) is 85.1. The van der Waals surface area contributed by atoms with Crippen molar-refractivity contribution < 1.29 is 75.8 Å². The zero-order chi connectivity index (χ0) is 80.8. The lowest BCUT2D eigenvalue weighted by atomic mass is 10.0. The van der Waals surface area contributed by atoms with Crippen molar-refractivity contribution in [1.29, 1.82) is 0 Å². The van der Waals surface area contributed by atoms with Crippen molar-refractivity contribution >= 4 is 33.6 Å². The van der Waals surface area contributed by atoms with Gasteiger partial charge in [-0.05, 0) is 141 Å². The molecule has 5 atom stereocenters. The van der Waals surface area contributed by atoms with E-state index in [1.807, 2.05) is 0 Å². The number of carbonyl (C=O) groups is 3. The molecule has 0 bridgehead atoms. The maximum absolute atomic E-state index is 13.0. The molecule has 111 heavy (non-hydrogen) atoms. The summed E-state index contributed by atoms with van der Waals surface area (Å²) in [5.74, 6) is -1.59. The van der Waals surface area contributed by atoms with Gasteiger partial charge in [-0.1, -0.05) is 353 Å². The van der Waals surface area contributed by atoms with Gasteiger partial charge in [0.05, 0.1) is 26.4 Å². The first-order chi connectivity index (χ1) is 54.2. The van der Waals surface area contributed by atoms with E-state index in [0.29, 0.717) is 19.3 Å². The van der Waals surface area contributed by atoms with Crippen LogP contribution in [0.2, 0.25) is 0 Å². The van der Waals surface area contributed by atoms with E-state index in [0.717, 1.165) is 141 Å². The first kappa shape index (κ1) is 107. The summed E-state index contributed by atoms with van der Waals surface area (Å²) < 4.78 is 61.3. The molecule has 0 aromatic rings. The molecule has 0 aliphatic heterocycles. The fourth-order valence-electron chi connectivity index (χ4n) is 12.1. The fraction of sp³-hybridized carbons (Fsp3) is 0.731. The van der Waals surface area contributed by atoms with Crippen LogP contribution in [0.3, 0.4) is 0 Å². The van der Waals surface area contributed by atoms with E-state index >= 15 is 0 Å². The lowest BCUT2D eigenvalue weighted by Crippen LogP contribution is -2.30. The molecule has 18 heteroatoms. The predicted octanol–water partition coefficient (Wildman–Crippen LogP) is 27.0.